The molecule has 0 saturated heterocycles. The Bertz CT molecular complexity index is 552. The largest absolute Gasteiger partial charge is 0.573 e. The van der Waals surface area contributed by atoms with Crippen molar-refractivity contribution in [3.05, 3.63) is 28.8 Å². The summed E-state index contributed by atoms with van der Waals surface area (Å²) >= 11 is 2.98. The molecule has 0 unspecified atom stereocenters. The Morgan fingerprint density at radius 1 is 1.45 bits per heavy atom. The molecule has 0 aliphatic rings. The van der Waals surface area contributed by atoms with Gasteiger partial charge in [0.05, 0.1) is 18.2 Å². The van der Waals surface area contributed by atoms with Crippen LogP contribution in [0.2, 0.25) is 0 Å². The van der Waals surface area contributed by atoms with E-state index in [0.29, 0.717) is 0 Å². The fraction of sp³-hybridized carbons (Fsp3) is 0.333. The van der Waals surface area contributed by atoms with Gasteiger partial charge in [-0.05, 0) is 19.1 Å². The number of hydrogen-bond donors (Lipinski definition) is 0. The summed E-state index contributed by atoms with van der Waals surface area (Å²) in [7, 11) is 0. The number of esters is 1. The van der Waals surface area contributed by atoms with Crippen LogP contribution in [0.5, 0.6) is 5.75 Å². The van der Waals surface area contributed by atoms with Crippen LogP contribution in [0.4, 0.5) is 13.2 Å². The lowest BCUT2D eigenvalue weighted by molar-refractivity contribution is -0.275. The zero-order chi connectivity index (χ0) is 15.3. The molecule has 1 aromatic carbocycles. The lowest BCUT2D eigenvalue weighted by Gasteiger charge is -2.16. The van der Waals surface area contributed by atoms with Crippen molar-refractivity contribution in [2.24, 2.45) is 0 Å². The Kier molecular flexibility index (Phi) is 5.39. The third-order valence-corrected chi connectivity index (χ3v) is 2.79. The average molecular weight is 352 g/mol. The topological polar surface area (TPSA) is 59.3 Å². The van der Waals surface area contributed by atoms with Gasteiger partial charge in [0.1, 0.15) is 11.3 Å². The number of hydrogen-bond acceptors (Lipinski definition) is 4. The highest BCUT2D eigenvalue weighted by molar-refractivity contribution is 9.08. The molecule has 0 amide bonds. The van der Waals surface area contributed by atoms with E-state index in [4.69, 9.17) is 5.26 Å². The number of benzene rings is 1. The SMILES string of the molecule is CCOC(=O)c1ccc(C#N)c(CBr)c1OC(F)(F)F. The minimum atomic E-state index is -4.98. The van der Waals surface area contributed by atoms with Crippen molar-refractivity contribution >= 4 is 21.9 Å². The van der Waals surface area contributed by atoms with Crippen LogP contribution in [0.25, 0.3) is 0 Å². The Morgan fingerprint density at radius 3 is 2.55 bits per heavy atom. The average Bonchev–Trinajstić information content (AvgIpc) is 2.36. The van der Waals surface area contributed by atoms with Crippen molar-refractivity contribution in [3.8, 4) is 11.8 Å². The summed E-state index contributed by atoms with van der Waals surface area (Å²) in [5.74, 6) is -1.66. The van der Waals surface area contributed by atoms with Crippen LogP contribution in [-0.4, -0.2) is 18.9 Å². The van der Waals surface area contributed by atoms with Crippen molar-refractivity contribution in [2.75, 3.05) is 6.61 Å². The van der Waals surface area contributed by atoms with E-state index in [1.165, 1.54) is 13.0 Å². The van der Waals surface area contributed by atoms with Gasteiger partial charge in [-0.1, -0.05) is 15.9 Å². The molecule has 4 nitrogen and oxygen atoms in total. The molecule has 1 aromatic rings. The summed E-state index contributed by atoms with van der Waals surface area (Å²) in [6, 6.07) is 4.06. The highest BCUT2D eigenvalue weighted by atomic mass is 79.9. The van der Waals surface area contributed by atoms with E-state index in [0.717, 1.165) is 6.07 Å². The normalized spacial score (nSPS) is 10.8. The van der Waals surface area contributed by atoms with E-state index < -0.39 is 18.1 Å². The van der Waals surface area contributed by atoms with Gasteiger partial charge in [-0.3, -0.25) is 0 Å². The molecular formula is C12H9BrF3NO3. The van der Waals surface area contributed by atoms with Crippen LogP contribution in [-0.2, 0) is 10.1 Å². The second-order valence-corrected chi connectivity index (χ2v) is 4.04. The standard InChI is InChI=1S/C12H9BrF3NO3/c1-2-19-11(18)8-4-3-7(6-17)9(5-13)10(8)20-12(14,15)16/h3-4H,2,5H2,1H3. The van der Waals surface area contributed by atoms with Gasteiger partial charge in [-0.15, -0.1) is 13.2 Å². The first-order chi connectivity index (χ1) is 9.34. The van der Waals surface area contributed by atoms with E-state index in [9.17, 15) is 18.0 Å². The van der Waals surface area contributed by atoms with Crippen LogP contribution >= 0.6 is 15.9 Å². The Morgan fingerprint density at radius 2 is 2.10 bits per heavy atom. The van der Waals surface area contributed by atoms with Gasteiger partial charge in [-0.2, -0.15) is 5.26 Å². The summed E-state index contributed by atoms with van der Waals surface area (Å²) < 4.78 is 45.9. The second kappa shape index (κ2) is 6.61. The van der Waals surface area contributed by atoms with Crippen molar-refractivity contribution < 1.29 is 27.4 Å². The van der Waals surface area contributed by atoms with E-state index >= 15 is 0 Å². The maximum Gasteiger partial charge on any atom is 0.573 e. The number of ether oxygens (including phenoxy) is 2. The third-order valence-electron chi connectivity index (χ3n) is 2.23. The lowest BCUT2D eigenvalue weighted by atomic mass is 10.0. The number of rotatable bonds is 4. The molecule has 0 radical (unpaired) electrons. The molecule has 108 valence electrons. The summed E-state index contributed by atoms with van der Waals surface area (Å²) in [6.45, 7) is 1.53. The molecule has 0 heterocycles. The first-order valence-corrected chi connectivity index (χ1v) is 6.51. The minimum absolute atomic E-state index is 0.00788. The Hall–Kier alpha value is -1.75. The fourth-order valence-electron chi connectivity index (χ4n) is 1.47. The molecular weight excluding hydrogens is 343 g/mol. The van der Waals surface area contributed by atoms with Gasteiger partial charge in [0.25, 0.3) is 0 Å². The maximum absolute atomic E-state index is 12.5. The molecule has 0 bridgehead atoms. The van der Waals surface area contributed by atoms with Gasteiger partial charge < -0.3 is 9.47 Å². The van der Waals surface area contributed by atoms with Crippen LogP contribution < -0.4 is 4.74 Å². The first kappa shape index (κ1) is 16.3. The molecule has 1 rings (SSSR count). The predicted molar refractivity (Wildman–Crippen MR) is 66.4 cm³/mol. The number of halogens is 4. The summed E-state index contributed by atoms with van der Waals surface area (Å²) in [4.78, 5) is 11.7. The van der Waals surface area contributed by atoms with E-state index in [1.54, 1.807) is 6.07 Å². The van der Waals surface area contributed by atoms with Crippen molar-refractivity contribution in [1.82, 2.24) is 0 Å². The third kappa shape index (κ3) is 3.87. The van der Waals surface area contributed by atoms with Crippen molar-refractivity contribution in [2.45, 2.75) is 18.6 Å². The number of carbonyl (C=O) groups excluding carboxylic acids is 1. The van der Waals surface area contributed by atoms with Gasteiger partial charge in [0.15, 0.2) is 0 Å². The molecule has 0 aromatic heterocycles. The van der Waals surface area contributed by atoms with E-state index in [1.807, 2.05) is 0 Å². The smallest absolute Gasteiger partial charge is 0.462 e. The quantitative estimate of drug-likeness (QED) is 0.615. The van der Waals surface area contributed by atoms with Gasteiger partial charge in [0, 0.05) is 10.9 Å². The number of nitrogens with zero attached hydrogens (tertiary/aromatic N) is 1. The van der Waals surface area contributed by atoms with Crippen LogP contribution in [0.3, 0.4) is 0 Å². The monoisotopic (exact) mass is 351 g/mol. The number of carbonyl (C=O) groups is 1. The second-order valence-electron chi connectivity index (χ2n) is 3.48. The molecule has 0 atom stereocenters. The fourth-order valence-corrected chi connectivity index (χ4v) is 2.02. The molecule has 20 heavy (non-hydrogen) atoms. The minimum Gasteiger partial charge on any atom is -0.462 e. The lowest BCUT2D eigenvalue weighted by Crippen LogP contribution is -2.21. The molecule has 0 N–H and O–H groups in total. The predicted octanol–water partition coefficient (Wildman–Crippen LogP) is 3.53. The summed E-state index contributed by atoms with van der Waals surface area (Å²) in [6.07, 6.45) is -4.98. The van der Waals surface area contributed by atoms with Crippen LogP contribution in [0.15, 0.2) is 12.1 Å². The molecule has 0 fully saturated rings. The summed E-state index contributed by atoms with van der Waals surface area (Å²) in [5.41, 5.74) is -0.456. The molecule has 0 saturated carbocycles. The van der Waals surface area contributed by atoms with E-state index in [-0.39, 0.29) is 28.6 Å². The molecule has 0 aliphatic heterocycles. The maximum atomic E-state index is 12.5. The number of nitriles is 1. The van der Waals surface area contributed by atoms with Crippen LogP contribution in [0.1, 0.15) is 28.4 Å². The van der Waals surface area contributed by atoms with Crippen molar-refractivity contribution in [3.63, 3.8) is 0 Å². The molecule has 0 aliphatic carbocycles. The zero-order valence-electron chi connectivity index (χ0n) is 10.3. The highest BCUT2D eigenvalue weighted by Gasteiger charge is 2.35. The Balaban J connectivity index is 3.44. The summed E-state index contributed by atoms with van der Waals surface area (Å²) in [5, 5.41) is 8.81. The van der Waals surface area contributed by atoms with Gasteiger partial charge in [-0.25, -0.2) is 4.79 Å². The highest BCUT2D eigenvalue weighted by Crippen LogP contribution is 2.34. The van der Waals surface area contributed by atoms with Crippen molar-refractivity contribution in [1.29, 1.82) is 5.26 Å². The Labute approximate surface area is 121 Å². The molecule has 0 spiro atoms. The molecule has 8 heteroatoms. The zero-order valence-corrected chi connectivity index (χ0v) is 11.8. The van der Waals surface area contributed by atoms with Gasteiger partial charge in [0.2, 0.25) is 0 Å². The van der Waals surface area contributed by atoms with Gasteiger partial charge >= 0.3 is 12.3 Å². The van der Waals surface area contributed by atoms with E-state index in [2.05, 4.69) is 25.4 Å². The first-order valence-electron chi connectivity index (χ1n) is 5.38. The van der Waals surface area contributed by atoms with Crippen LogP contribution in [0, 0.1) is 11.3 Å². The number of alkyl halides is 4.